The fourth-order valence-electron chi connectivity index (χ4n) is 3.63. The third-order valence-electron chi connectivity index (χ3n) is 5.54. The summed E-state index contributed by atoms with van der Waals surface area (Å²) in [4.78, 5) is 25.6. The Balaban J connectivity index is 1.95. The summed E-state index contributed by atoms with van der Waals surface area (Å²) in [5.41, 5.74) is -7.25. The quantitative estimate of drug-likeness (QED) is 0.267. The summed E-state index contributed by atoms with van der Waals surface area (Å²) in [5.74, 6) is -1.26. The molecule has 0 unspecified atom stereocenters. The number of aryl methyl sites for hydroxylation is 2. The van der Waals surface area contributed by atoms with Crippen LogP contribution in [0.1, 0.15) is 37.4 Å². The predicted octanol–water partition coefficient (Wildman–Crippen LogP) is 8.62. The molecule has 2 amide bonds. The Hall–Kier alpha value is -2.93. The smallest absolute Gasteiger partial charge is 0.321 e. The third-order valence-corrected chi connectivity index (χ3v) is 6.85. The minimum atomic E-state index is -6.27. The van der Waals surface area contributed by atoms with Crippen LogP contribution in [0.15, 0.2) is 63.5 Å². The van der Waals surface area contributed by atoms with Crippen LogP contribution in [0.3, 0.4) is 0 Å². The van der Waals surface area contributed by atoms with Gasteiger partial charge in [-0.1, -0.05) is 30.3 Å². The zero-order valence-corrected chi connectivity index (χ0v) is 22.6. The highest BCUT2D eigenvalue weighted by atomic mass is 79.9. The van der Waals surface area contributed by atoms with Crippen molar-refractivity contribution in [3.63, 3.8) is 0 Å². The molecule has 2 N–H and O–H groups in total. The topological polar surface area (TPSA) is 58.2 Å². The summed E-state index contributed by atoms with van der Waals surface area (Å²) in [6, 6.07) is 11.8. The van der Waals surface area contributed by atoms with Crippen LogP contribution in [-0.2, 0) is 5.67 Å². The Kier molecular flexibility index (Phi) is 8.32. The second-order valence-electron chi connectivity index (χ2n) is 8.23. The van der Waals surface area contributed by atoms with Crippen LogP contribution in [0, 0.1) is 13.8 Å². The molecule has 0 bridgehead atoms. The maximum absolute atomic E-state index is 14.5. The van der Waals surface area contributed by atoms with Crippen molar-refractivity contribution in [2.24, 2.45) is 0 Å². The van der Waals surface area contributed by atoms with Gasteiger partial charge in [-0.25, -0.2) is 4.39 Å². The summed E-state index contributed by atoms with van der Waals surface area (Å²) in [7, 11) is 0. The number of rotatable bonds is 5. The molecule has 0 saturated carbocycles. The van der Waals surface area contributed by atoms with Crippen molar-refractivity contribution in [2.45, 2.75) is 31.9 Å². The number of carbonyl (C=O) groups is 2. The Labute approximate surface area is 228 Å². The number of anilines is 2. The van der Waals surface area contributed by atoms with E-state index in [1.54, 1.807) is 30.3 Å². The first-order valence-corrected chi connectivity index (χ1v) is 12.2. The van der Waals surface area contributed by atoms with Gasteiger partial charge in [0.05, 0.1) is 11.3 Å². The van der Waals surface area contributed by atoms with E-state index in [4.69, 9.17) is 0 Å². The van der Waals surface area contributed by atoms with Crippen molar-refractivity contribution in [3.8, 4) is 0 Å². The molecule has 3 aromatic carbocycles. The van der Waals surface area contributed by atoms with Crippen LogP contribution in [0.25, 0.3) is 0 Å². The second-order valence-corrected chi connectivity index (χ2v) is 9.93. The summed E-state index contributed by atoms with van der Waals surface area (Å²) in [6.07, 6.45) is -12.5. The number of carbonyl (C=O) groups excluding carboxylic acids is 2. The number of hydrogen-bond donors (Lipinski definition) is 2. The maximum atomic E-state index is 14.5. The molecule has 0 fully saturated rings. The highest BCUT2D eigenvalue weighted by molar-refractivity contribution is 9.11. The molecule has 0 heterocycles. The fraction of sp³-hybridized carbons (Fsp3) is 0.200. The Bertz CT molecular complexity index is 1350. The van der Waals surface area contributed by atoms with Crippen LogP contribution in [0.5, 0.6) is 0 Å². The number of benzene rings is 3. The number of amides is 2. The van der Waals surface area contributed by atoms with E-state index in [9.17, 15) is 40.3 Å². The van der Waals surface area contributed by atoms with Crippen LogP contribution in [-0.4, -0.2) is 24.2 Å². The van der Waals surface area contributed by atoms with E-state index < -0.39 is 35.4 Å². The molecule has 4 nitrogen and oxygen atoms in total. The number of halogens is 9. The van der Waals surface area contributed by atoms with E-state index in [1.165, 1.54) is 12.1 Å². The maximum Gasteiger partial charge on any atom is 0.435 e. The summed E-state index contributed by atoms with van der Waals surface area (Å²) in [6.45, 7) is 2.28. The highest BCUT2D eigenvalue weighted by Gasteiger charge is 2.73. The Morgan fingerprint density at radius 1 is 0.711 bits per heavy atom. The van der Waals surface area contributed by atoms with E-state index in [1.807, 2.05) is 0 Å². The highest BCUT2D eigenvalue weighted by Crippen LogP contribution is 2.53. The van der Waals surface area contributed by atoms with E-state index in [2.05, 4.69) is 42.5 Å². The molecule has 0 atom stereocenters. The zero-order chi connectivity index (χ0) is 28.6. The predicted molar refractivity (Wildman–Crippen MR) is 135 cm³/mol. The molecule has 13 heteroatoms. The van der Waals surface area contributed by atoms with Gasteiger partial charge in [0, 0.05) is 25.8 Å². The van der Waals surface area contributed by atoms with Crippen LogP contribution < -0.4 is 10.6 Å². The lowest BCUT2D eigenvalue weighted by molar-refractivity contribution is -0.348. The molecule has 0 saturated heterocycles. The van der Waals surface area contributed by atoms with Gasteiger partial charge in [-0.05, 0) is 81.1 Å². The molecular formula is C25H17Br2F7N2O2. The second kappa shape index (κ2) is 10.7. The van der Waals surface area contributed by atoms with Gasteiger partial charge in [0.1, 0.15) is 0 Å². The number of alkyl halides is 7. The summed E-state index contributed by atoms with van der Waals surface area (Å²) in [5, 5.41) is 5.09. The molecule has 3 rings (SSSR count). The SMILES string of the molecule is Cc1cc(C(F)(C(F)(F)F)C(F)(F)F)cc(C)c1NC(=O)c1cc(NC(=O)c2ccccc2)c(Br)cc1Br. The fourth-order valence-corrected chi connectivity index (χ4v) is 4.90. The molecule has 0 aromatic heterocycles. The standard InChI is InChI=1S/C25H17Br2F7N2O2/c1-12-8-15(23(28,24(29,30)31)25(32,33)34)9-13(2)20(12)36-22(38)16-10-19(18(27)11-17(16)26)35-21(37)14-6-4-3-5-7-14/h3-11H,1-2H3,(H,35,37)(H,36,38). The third kappa shape index (κ3) is 5.73. The molecule has 0 aliphatic heterocycles. The van der Waals surface area contributed by atoms with Crippen LogP contribution in [0.2, 0.25) is 0 Å². The van der Waals surface area contributed by atoms with Crippen LogP contribution in [0.4, 0.5) is 42.1 Å². The van der Waals surface area contributed by atoms with Crippen molar-refractivity contribution >= 4 is 55.0 Å². The van der Waals surface area contributed by atoms with Gasteiger partial charge in [-0.15, -0.1) is 0 Å². The molecule has 0 spiro atoms. The number of hydrogen-bond acceptors (Lipinski definition) is 2. The average Bonchev–Trinajstić information content (AvgIpc) is 2.81. The number of nitrogens with one attached hydrogen (secondary N) is 2. The van der Waals surface area contributed by atoms with Gasteiger partial charge in [-0.3, -0.25) is 9.59 Å². The molecular weight excluding hydrogens is 653 g/mol. The largest absolute Gasteiger partial charge is 0.435 e. The van der Waals surface area contributed by atoms with E-state index in [-0.39, 0.29) is 32.5 Å². The molecule has 3 aromatic rings. The first kappa shape index (κ1) is 29.6. The average molecular weight is 670 g/mol. The lowest BCUT2D eigenvalue weighted by Crippen LogP contribution is -2.50. The van der Waals surface area contributed by atoms with E-state index in [0.29, 0.717) is 22.2 Å². The Morgan fingerprint density at radius 2 is 1.24 bits per heavy atom. The molecule has 38 heavy (non-hydrogen) atoms. The van der Waals surface area contributed by atoms with Crippen molar-refractivity contribution < 1.29 is 40.3 Å². The lowest BCUT2D eigenvalue weighted by atomic mass is 9.90. The van der Waals surface area contributed by atoms with Gasteiger partial charge < -0.3 is 10.6 Å². The lowest BCUT2D eigenvalue weighted by Gasteiger charge is -2.31. The van der Waals surface area contributed by atoms with Gasteiger partial charge in [-0.2, -0.15) is 26.3 Å². The van der Waals surface area contributed by atoms with Crippen molar-refractivity contribution in [3.05, 3.63) is 91.4 Å². The van der Waals surface area contributed by atoms with Gasteiger partial charge in [0.2, 0.25) is 0 Å². The first-order chi connectivity index (χ1) is 17.5. The van der Waals surface area contributed by atoms with Crippen molar-refractivity contribution in [1.29, 1.82) is 0 Å². The van der Waals surface area contributed by atoms with E-state index in [0.717, 1.165) is 13.8 Å². The molecule has 0 aliphatic carbocycles. The van der Waals surface area contributed by atoms with Crippen molar-refractivity contribution in [2.75, 3.05) is 10.6 Å². The monoisotopic (exact) mass is 668 g/mol. The first-order valence-electron chi connectivity index (χ1n) is 10.6. The van der Waals surface area contributed by atoms with Gasteiger partial charge in [0.15, 0.2) is 0 Å². The summed E-state index contributed by atoms with van der Waals surface area (Å²) < 4.78 is 94.4. The Morgan fingerprint density at radius 3 is 1.74 bits per heavy atom. The van der Waals surface area contributed by atoms with Gasteiger partial charge in [0.25, 0.3) is 11.8 Å². The van der Waals surface area contributed by atoms with Crippen molar-refractivity contribution in [1.82, 2.24) is 0 Å². The zero-order valence-electron chi connectivity index (χ0n) is 19.4. The minimum Gasteiger partial charge on any atom is -0.321 e. The van der Waals surface area contributed by atoms with Gasteiger partial charge >= 0.3 is 18.0 Å². The van der Waals surface area contributed by atoms with Crippen LogP contribution >= 0.6 is 31.9 Å². The molecule has 202 valence electrons. The summed E-state index contributed by atoms with van der Waals surface area (Å²) >= 11 is 6.51. The van der Waals surface area contributed by atoms with E-state index >= 15 is 0 Å². The molecule has 0 aliphatic rings. The normalized spacial score (nSPS) is 12.3. The minimum absolute atomic E-state index is 0.00939. The molecule has 0 radical (unpaired) electrons.